The molecular formula is C26H24ClN3O5S. The minimum absolute atomic E-state index is 0. The van der Waals surface area contributed by atoms with Gasteiger partial charge in [0.1, 0.15) is 35.4 Å². The molecule has 36 heavy (non-hydrogen) atoms. The summed E-state index contributed by atoms with van der Waals surface area (Å²) in [6, 6.07) is 18.2. The topological polar surface area (TPSA) is 103 Å². The summed E-state index contributed by atoms with van der Waals surface area (Å²) < 4.78 is 13.9. The van der Waals surface area contributed by atoms with Crippen LogP contribution >= 0.6 is 24.2 Å². The number of aryl methyl sites for hydroxylation is 2. The van der Waals surface area contributed by atoms with Crippen molar-refractivity contribution in [3.05, 3.63) is 77.6 Å². The SMILES string of the molecule is Cc1cc(O)ccc1Oc1ccc2nc(COc3ccc(CC4SC(=O)NC4=O)cc3)n(C)c2c1.Cl. The number of nitrogens with zero attached hydrogens (tertiary/aromatic N) is 2. The van der Waals surface area contributed by atoms with Gasteiger partial charge in [0, 0.05) is 13.1 Å². The van der Waals surface area contributed by atoms with Gasteiger partial charge < -0.3 is 19.1 Å². The molecule has 1 aliphatic rings. The third kappa shape index (κ3) is 5.42. The van der Waals surface area contributed by atoms with Crippen molar-refractivity contribution in [3.63, 3.8) is 0 Å². The van der Waals surface area contributed by atoms with E-state index in [0.717, 1.165) is 39.7 Å². The summed E-state index contributed by atoms with van der Waals surface area (Å²) in [5.74, 6) is 2.76. The molecule has 0 spiro atoms. The monoisotopic (exact) mass is 525 g/mol. The zero-order chi connectivity index (χ0) is 24.5. The average molecular weight is 526 g/mol. The van der Waals surface area contributed by atoms with Crippen LogP contribution in [0.25, 0.3) is 11.0 Å². The molecule has 1 aromatic heterocycles. The molecule has 1 fully saturated rings. The van der Waals surface area contributed by atoms with Crippen LogP contribution in [0.3, 0.4) is 0 Å². The normalized spacial score (nSPS) is 15.0. The van der Waals surface area contributed by atoms with Gasteiger partial charge in [0.25, 0.3) is 5.24 Å². The molecule has 8 nitrogen and oxygen atoms in total. The van der Waals surface area contributed by atoms with Crippen LogP contribution in [0.15, 0.2) is 60.7 Å². The number of hydrogen-bond donors (Lipinski definition) is 2. The standard InChI is InChI=1S/C26H23N3O5S.ClH/c1-15-11-17(30)5-10-22(15)34-19-8-9-20-21(13-19)29(2)24(27-20)14-33-18-6-3-16(4-7-18)12-23-25(31)28-26(32)35-23;/h3-11,13,23,30H,12,14H2,1-2H3,(H,28,31,32);1H. The first-order valence-electron chi connectivity index (χ1n) is 11.0. The second-order valence-electron chi connectivity index (χ2n) is 8.31. The number of phenolic OH excluding ortho intramolecular Hbond substituents is 1. The van der Waals surface area contributed by atoms with Gasteiger partial charge in [-0.2, -0.15) is 0 Å². The van der Waals surface area contributed by atoms with Crippen LogP contribution in [0.2, 0.25) is 0 Å². The molecule has 4 aromatic rings. The Morgan fingerprint density at radius 1 is 1.06 bits per heavy atom. The van der Waals surface area contributed by atoms with Gasteiger partial charge in [-0.25, -0.2) is 4.98 Å². The molecular weight excluding hydrogens is 502 g/mol. The van der Waals surface area contributed by atoms with Crippen LogP contribution in [-0.2, 0) is 24.9 Å². The smallest absolute Gasteiger partial charge is 0.286 e. The number of halogens is 1. The third-order valence-electron chi connectivity index (χ3n) is 5.81. The fourth-order valence-electron chi connectivity index (χ4n) is 3.90. The van der Waals surface area contributed by atoms with Gasteiger partial charge in [0.2, 0.25) is 5.91 Å². The van der Waals surface area contributed by atoms with Crippen LogP contribution in [-0.4, -0.2) is 31.1 Å². The molecule has 2 N–H and O–H groups in total. The molecule has 1 atom stereocenters. The number of phenols is 1. The summed E-state index contributed by atoms with van der Waals surface area (Å²) in [5, 5.41) is 11.2. The van der Waals surface area contributed by atoms with Crippen LogP contribution in [0.5, 0.6) is 23.0 Å². The number of amides is 2. The van der Waals surface area contributed by atoms with Crippen molar-refractivity contribution >= 4 is 46.3 Å². The highest BCUT2D eigenvalue weighted by molar-refractivity contribution is 8.15. The zero-order valence-corrected chi connectivity index (χ0v) is 21.2. The molecule has 0 saturated carbocycles. The molecule has 1 aliphatic heterocycles. The zero-order valence-electron chi connectivity index (χ0n) is 19.6. The Hall–Kier alpha value is -3.69. The average Bonchev–Trinajstić information content (AvgIpc) is 3.32. The van der Waals surface area contributed by atoms with Gasteiger partial charge in [-0.05, 0) is 66.9 Å². The first-order chi connectivity index (χ1) is 16.9. The Labute approximate surface area is 218 Å². The van der Waals surface area contributed by atoms with Crippen LogP contribution < -0.4 is 14.8 Å². The molecule has 0 radical (unpaired) electrons. The molecule has 2 amide bonds. The van der Waals surface area contributed by atoms with E-state index >= 15 is 0 Å². The van der Waals surface area contributed by atoms with Crippen molar-refractivity contribution in [2.45, 2.75) is 25.2 Å². The van der Waals surface area contributed by atoms with Crippen molar-refractivity contribution in [2.24, 2.45) is 7.05 Å². The molecule has 5 rings (SSSR count). The van der Waals surface area contributed by atoms with E-state index in [2.05, 4.69) is 10.3 Å². The first kappa shape index (κ1) is 25.4. The molecule has 0 bridgehead atoms. The minimum Gasteiger partial charge on any atom is -0.508 e. The van der Waals surface area contributed by atoms with E-state index in [1.165, 1.54) is 0 Å². The number of hydrogen-bond acceptors (Lipinski definition) is 7. The van der Waals surface area contributed by atoms with Crippen molar-refractivity contribution in [3.8, 4) is 23.0 Å². The highest BCUT2D eigenvalue weighted by atomic mass is 35.5. The summed E-state index contributed by atoms with van der Waals surface area (Å²) in [4.78, 5) is 27.8. The quantitative estimate of drug-likeness (QED) is 0.338. The Kier molecular flexibility index (Phi) is 7.42. The second kappa shape index (κ2) is 10.5. The number of nitrogens with one attached hydrogen (secondary N) is 1. The van der Waals surface area contributed by atoms with Crippen molar-refractivity contribution < 1.29 is 24.2 Å². The van der Waals surface area contributed by atoms with E-state index < -0.39 is 0 Å². The lowest BCUT2D eigenvalue weighted by atomic mass is 10.1. The van der Waals surface area contributed by atoms with Crippen molar-refractivity contribution in [1.29, 1.82) is 0 Å². The molecule has 2 heterocycles. The fourth-order valence-corrected chi connectivity index (χ4v) is 4.76. The van der Waals surface area contributed by atoms with Gasteiger partial charge >= 0.3 is 0 Å². The van der Waals surface area contributed by atoms with E-state index in [9.17, 15) is 14.7 Å². The minimum atomic E-state index is -0.388. The van der Waals surface area contributed by atoms with Crippen LogP contribution in [0.4, 0.5) is 4.79 Å². The predicted octanol–water partition coefficient (Wildman–Crippen LogP) is 5.27. The number of aromatic nitrogens is 2. The Morgan fingerprint density at radius 2 is 1.81 bits per heavy atom. The lowest BCUT2D eigenvalue weighted by Gasteiger charge is -2.10. The van der Waals surface area contributed by atoms with Crippen molar-refractivity contribution in [1.82, 2.24) is 14.9 Å². The summed E-state index contributed by atoms with van der Waals surface area (Å²) in [6.45, 7) is 2.16. The number of fused-ring (bicyclic) bond motifs is 1. The number of ether oxygens (including phenoxy) is 2. The van der Waals surface area contributed by atoms with E-state index in [0.29, 0.717) is 23.7 Å². The Bertz CT molecular complexity index is 1440. The number of imidazole rings is 1. The maximum Gasteiger partial charge on any atom is 0.286 e. The van der Waals surface area contributed by atoms with Gasteiger partial charge in [-0.1, -0.05) is 23.9 Å². The molecule has 10 heteroatoms. The summed E-state index contributed by atoms with van der Waals surface area (Å²) in [6.07, 6.45) is 0.487. The lowest BCUT2D eigenvalue weighted by molar-refractivity contribution is -0.118. The maximum atomic E-state index is 11.8. The number of aromatic hydroxyl groups is 1. The number of benzene rings is 3. The second-order valence-corrected chi connectivity index (χ2v) is 9.48. The highest BCUT2D eigenvalue weighted by Crippen LogP contribution is 2.30. The lowest BCUT2D eigenvalue weighted by Crippen LogP contribution is -2.25. The summed E-state index contributed by atoms with van der Waals surface area (Å²) in [5.41, 5.74) is 3.54. The number of imide groups is 1. The predicted molar refractivity (Wildman–Crippen MR) is 140 cm³/mol. The highest BCUT2D eigenvalue weighted by Gasteiger charge is 2.31. The maximum absolute atomic E-state index is 11.8. The molecule has 186 valence electrons. The number of carbonyl (C=O) groups excluding carboxylic acids is 2. The number of rotatable bonds is 7. The van der Waals surface area contributed by atoms with Crippen LogP contribution in [0.1, 0.15) is 17.0 Å². The van der Waals surface area contributed by atoms with E-state index in [1.54, 1.807) is 18.2 Å². The fraction of sp³-hybridized carbons (Fsp3) is 0.192. The van der Waals surface area contributed by atoms with Gasteiger partial charge in [0.05, 0.1) is 16.3 Å². The summed E-state index contributed by atoms with van der Waals surface area (Å²) in [7, 11) is 1.93. The van der Waals surface area contributed by atoms with Crippen LogP contribution in [0, 0.1) is 6.92 Å². The van der Waals surface area contributed by atoms with E-state index in [4.69, 9.17) is 9.47 Å². The third-order valence-corrected chi connectivity index (χ3v) is 6.79. The van der Waals surface area contributed by atoms with E-state index in [-0.39, 0.29) is 41.2 Å². The van der Waals surface area contributed by atoms with Crippen molar-refractivity contribution in [2.75, 3.05) is 0 Å². The molecule has 0 aliphatic carbocycles. The largest absolute Gasteiger partial charge is 0.508 e. The number of thioether (sulfide) groups is 1. The first-order valence-corrected chi connectivity index (χ1v) is 11.9. The Balaban J connectivity index is 0.00000304. The van der Waals surface area contributed by atoms with Gasteiger partial charge in [-0.3, -0.25) is 14.9 Å². The Morgan fingerprint density at radius 3 is 2.50 bits per heavy atom. The van der Waals surface area contributed by atoms with Gasteiger partial charge in [0.15, 0.2) is 0 Å². The molecule has 1 saturated heterocycles. The number of carbonyl (C=O) groups is 2. The van der Waals surface area contributed by atoms with Gasteiger partial charge in [-0.15, -0.1) is 12.4 Å². The van der Waals surface area contributed by atoms with E-state index in [1.807, 2.05) is 61.0 Å². The molecule has 1 unspecified atom stereocenters. The summed E-state index contributed by atoms with van der Waals surface area (Å²) >= 11 is 1.03. The molecule has 3 aromatic carbocycles.